The van der Waals surface area contributed by atoms with E-state index in [9.17, 15) is 18.0 Å². The average molecular weight is 334 g/mol. The largest absolute Gasteiger partial charge is 0.382 e. The summed E-state index contributed by atoms with van der Waals surface area (Å²) in [5, 5.41) is 2.64. The third-order valence-corrected chi connectivity index (χ3v) is 4.17. The monoisotopic (exact) mass is 334 g/mol. The van der Waals surface area contributed by atoms with Gasteiger partial charge in [0.25, 0.3) is 0 Å². The first-order valence-electron chi connectivity index (χ1n) is 7.78. The number of hydrogen-bond donors (Lipinski definition) is 1. The Morgan fingerprint density at radius 2 is 1.79 bits per heavy atom. The molecular weight excluding hydrogens is 317 g/mol. The first-order valence-corrected chi connectivity index (χ1v) is 7.78. The zero-order valence-corrected chi connectivity index (χ0v) is 13.0. The number of nitrogens with one attached hydrogen (secondary N) is 1. The zero-order valence-electron chi connectivity index (χ0n) is 13.0. The molecule has 6 heteroatoms. The fourth-order valence-corrected chi connectivity index (χ4v) is 2.83. The summed E-state index contributed by atoms with van der Waals surface area (Å²) in [5.41, 5.74) is 2.24. The highest BCUT2D eigenvalue weighted by atomic mass is 19.2. The van der Waals surface area contributed by atoms with Gasteiger partial charge in [-0.25, -0.2) is 13.2 Å². The molecule has 1 N–H and O–H groups in total. The Morgan fingerprint density at radius 1 is 1.04 bits per heavy atom. The normalized spacial score (nSPS) is 13.5. The minimum atomic E-state index is -1.51. The molecule has 3 nitrogen and oxygen atoms in total. The Balaban J connectivity index is 1.54. The second-order valence-corrected chi connectivity index (χ2v) is 5.73. The van der Waals surface area contributed by atoms with E-state index in [1.807, 2.05) is 18.2 Å². The van der Waals surface area contributed by atoms with E-state index >= 15 is 0 Å². The third-order valence-electron chi connectivity index (χ3n) is 4.17. The molecule has 0 atom stereocenters. The van der Waals surface area contributed by atoms with E-state index in [4.69, 9.17) is 0 Å². The second-order valence-electron chi connectivity index (χ2n) is 5.73. The molecule has 126 valence electrons. The number of nitrogens with zero attached hydrogens (tertiary/aromatic N) is 1. The van der Waals surface area contributed by atoms with Crippen LogP contribution >= 0.6 is 0 Å². The van der Waals surface area contributed by atoms with Gasteiger partial charge in [-0.05, 0) is 29.7 Å². The van der Waals surface area contributed by atoms with Crippen LogP contribution in [-0.4, -0.2) is 23.9 Å². The van der Waals surface area contributed by atoms with Gasteiger partial charge in [0.2, 0.25) is 5.91 Å². The maximum absolute atomic E-state index is 13.5. The van der Waals surface area contributed by atoms with Gasteiger partial charge in [0.05, 0.1) is 5.69 Å². The molecule has 1 aliphatic rings. The molecule has 2 aromatic carbocycles. The van der Waals surface area contributed by atoms with Gasteiger partial charge in [0, 0.05) is 26.1 Å². The van der Waals surface area contributed by atoms with Crippen LogP contribution in [0.5, 0.6) is 0 Å². The van der Waals surface area contributed by atoms with Crippen molar-refractivity contribution in [1.29, 1.82) is 0 Å². The van der Waals surface area contributed by atoms with Crippen molar-refractivity contribution in [2.24, 2.45) is 0 Å². The fourth-order valence-electron chi connectivity index (χ4n) is 2.83. The molecule has 0 bridgehead atoms. The lowest BCUT2D eigenvalue weighted by Crippen LogP contribution is -2.36. The van der Waals surface area contributed by atoms with Crippen molar-refractivity contribution >= 4 is 11.6 Å². The van der Waals surface area contributed by atoms with Crippen molar-refractivity contribution in [2.75, 3.05) is 18.4 Å². The van der Waals surface area contributed by atoms with E-state index < -0.39 is 17.5 Å². The van der Waals surface area contributed by atoms with Crippen molar-refractivity contribution < 1.29 is 18.0 Å². The van der Waals surface area contributed by atoms with E-state index in [2.05, 4.69) is 11.4 Å². The molecule has 1 aliphatic heterocycles. The van der Waals surface area contributed by atoms with E-state index in [1.54, 1.807) is 4.90 Å². The predicted octanol–water partition coefficient (Wildman–Crippen LogP) is 3.49. The highest BCUT2D eigenvalue weighted by molar-refractivity contribution is 5.77. The maximum Gasteiger partial charge on any atom is 0.224 e. The number of halogens is 3. The standard InChI is InChI=1S/C18H17F3N2O/c19-14-5-6-15(18(21)17(14)20)22-9-7-16(24)23-10-8-12-3-1-2-4-13(12)11-23/h1-6,22H,7-11H2. The Bertz CT molecular complexity index is 764. The summed E-state index contributed by atoms with van der Waals surface area (Å²) in [6.45, 7) is 1.36. The number of carbonyl (C=O) groups is 1. The maximum atomic E-state index is 13.5. The van der Waals surface area contributed by atoms with Crippen LogP contribution < -0.4 is 5.32 Å². The van der Waals surface area contributed by atoms with E-state index in [-0.39, 0.29) is 24.6 Å². The van der Waals surface area contributed by atoms with Crippen molar-refractivity contribution in [3.8, 4) is 0 Å². The molecule has 0 unspecified atom stereocenters. The van der Waals surface area contributed by atoms with Crippen molar-refractivity contribution in [2.45, 2.75) is 19.4 Å². The van der Waals surface area contributed by atoms with Gasteiger partial charge in [-0.2, -0.15) is 0 Å². The lowest BCUT2D eigenvalue weighted by atomic mass is 10.00. The first kappa shape index (κ1) is 16.4. The van der Waals surface area contributed by atoms with Crippen LogP contribution in [0.3, 0.4) is 0 Å². The summed E-state index contributed by atoms with van der Waals surface area (Å²) in [4.78, 5) is 14.0. The van der Waals surface area contributed by atoms with E-state index in [0.29, 0.717) is 13.1 Å². The Labute approximate surface area is 138 Å². The van der Waals surface area contributed by atoms with Crippen LogP contribution in [0.2, 0.25) is 0 Å². The SMILES string of the molecule is O=C(CCNc1ccc(F)c(F)c1F)N1CCc2ccccc2C1. The Hall–Kier alpha value is -2.50. The highest BCUT2D eigenvalue weighted by Crippen LogP contribution is 2.21. The first-order chi connectivity index (χ1) is 11.6. The minimum absolute atomic E-state index is 0.0556. The van der Waals surface area contributed by atoms with E-state index in [0.717, 1.165) is 24.1 Å². The highest BCUT2D eigenvalue weighted by Gasteiger charge is 2.20. The average Bonchev–Trinajstić information content (AvgIpc) is 2.61. The number of rotatable bonds is 4. The van der Waals surface area contributed by atoms with Crippen molar-refractivity contribution in [3.63, 3.8) is 0 Å². The number of benzene rings is 2. The van der Waals surface area contributed by atoms with Crippen molar-refractivity contribution in [3.05, 3.63) is 65.0 Å². The molecule has 2 aromatic rings. The van der Waals surface area contributed by atoms with Crippen molar-refractivity contribution in [1.82, 2.24) is 4.90 Å². The van der Waals surface area contributed by atoms with Crippen LogP contribution in [0, 0.1) is 17.5 Å². The molecule has 0 aliphatic carbocycles. The molecule has 1 amide bonds. The van der Waals surface area contributed by atoms with Crippen LogP contribution in [0.15, 0.2) is 36.4 Å². The Kier molecular flexibility index (Phi) is 4.74. The molecule has 3 rings (SSSR count). The molecule has 24 heavy (non-hydrogen) atoms. The summed E-state index contributed by atoms with van der Waals surface area (Å²) in [6, 6.07) is 9.96. The lowest BCUT2D eigenvalue weighted by molar-refractivity contribution is -0.131. The third kappa shape index (κ3) is 3.37. The van der Waals surface area contributed by atoms with Gasteiger partial charge in [-0.3, -0.25) is 4.79 Å². The molecule has 0 radical (unpaired) electrons. The van der Waals surface area contributed by atoms with Gasteiger partial charge >= 0.3 is 0 Å². The predicted molar refractivity (Wildman–Crippen MR) is 85.0 cm³/mol. The molecule has 0 saturated heterocycles. The zero-order chi connectivity index (χ0) is 17.1. The number of amides is 1. The molecule has 0 spiro atoms. The summed E-state index contributed by atoms with van der Waals surface area (Å²) in [6.07, 6.45) is 0.966. The van der Waals surface area contributed by atoms with Crippen LogP contribution in [-0.2, 0) is 17.8 Å². The number of carbonyl (C=O) groups excluding carboxylic acids is 1. The molecule has 0 saturated carbocycles. The smallest absolute Gasteiger partial charge is 0.224 e. The topological polar surface area (TPSA) is 32.3 Å². The van der Waals surface area contributed by atoms with Gasteiger partial charge < -0.3 is 10.2 Å². The summed E-state index contributed by atoms with van der Waals surface area (Å²) < 4.78 is 39.5. The van der Waals surface area contributed by atoms with Crippen LogP contribution in [0.25, 0.3) is 0 Å². The quantitative estimate of drug-likeness (QED) is 0.868. The lowest BCUT2D eigenvalue weighted by Gasteiger charge is -2.29. The molecular formula is C18H17F3N2O. The van der Waals surface area contributed by atoms with Crippen LogP contribution in [0.1, 0.15) is 17.5 Å². The van der Waals surface area contributed by atoms with Gasteiger partial charge in [-0.1, -0.05) is 24.3 Å². The Morgan fingerprint density at radius 3 is 2.58 bits per heavy atom. The van der Waals surface area contributed by atoms with Gasteiger partial charge in [0.1, 0.15) is 0 Å². The summed E-state index contributed by atoms with van der Waals surface area (Å²) in [5.74, 6) is -4.07. The van der Waals surface area contributed by atoms with Crippen LogP contribution in [0.4, 0.5) is 18.9 Å². The van der Waals surface area contributed by atoms with E-state index in [1.165, 1.54) is 5.56 Å². The fraction of sp³-hybridized carbons (Fsp3) is 0.278. The molecule has 0 aromatic heterocycles. The number of hydrogen-bond acceptors (Lipinski definition) is 2. The van der Waals surface area contributed by atoms with Gasteiger partial charge in [-0.15, -0.1) is 0 Å². The number of anilines is 1. The molecule has 0 fully saturated rings. The summed E-state index contributed by atoms with van der Waals surface area (Å²) >= 11 is 0. The van der Waals surface area contributed by atoms with Gasteiger partial charge in [0.15, 0.2) is 17.5 Å². The molecule has 1 heterocycles. The second kappa shape index (κ2) is 6.95. The summed E-state index contributed by atoms with van der Waals surface area (Å²) in [7, 11) is 0. The number of fused-ring (bicyclic) bond motifs is 1. The minimum Gasteiger partial charge on any atom is -0.382 e.